The Labute approximate surface area is 146 Å². The third-order valence-electron chi connectivity index (χ3n) is 3.70. The topological polar surface area (TPSA) is 94.1 Å². The summed E-state index contributed by atoms with van der Waals surface area (Å²) in [4.78, 5) is 23.3. The number of carboxylic acids is 1. The van der Waals surface area contributed by atoms with Gasteiger partial charge in [-0.25, -0.2) is 4.79 Å². The molecular weight excluding hydrogens is 326 g/mol. The summed E-state index contributed by atoms with van der Waals surface area (Å²) < 4.78 is 16.2. The summed E-state index contributed by atoms with van der Waals surface area (Å²) in [6, 6.07) is 5.40. The monoisotopic (exact) mass is 349 g/mol. The van der Waals surface area contributed by atoms with Crippen LogP contribution in [0.15, 0.2) is 36.9 Å². The van der Waals surface area contributed by atoms with Crippen molar-refractivity contribution in [3.05, 3.63) is 42.5 Å². The van der Waals surface area contributed by atoms with Gasteiger partial charge in [-0.1, -0.05) is 6.08 Å². The summed E-state index contributed by atoms with van der Waals surface area (Å²) in [7, 11) is 0. The second kappa shape index (κ2) is 9.80. The molecular formula is C18H23NO6. The number of rotatable bonds is 10. The highest BCUT2D eigenvalue weighted by atomic mass is 16.5. The average Bonchev–Trinajstić information content (AvgIpc) is 3.13. The number of carbonyl (C=O) groups excluding carboxylic acids is 1. The van der Waals surface area contributed by atoms with Gasteiger partial charge in [0.25, 0.3) is 5.91 Å². The zero-order valence-corrected chi connectivity index (χ0v) is 14.0. The van der Waals surface area contributed by atoms with Crippen molar-refractivity contribution in [2.75, 3.05) is 26.4 Å². The van der Waals surface area contributed by atoms with Crippen LogP contribution >= 0.6 is 0 Å². The molecule has 1 saturated heterocycles. The molecule has 1 aliphatic heterocycles. The molecule has 0 radical (unpaired) electrons. The Morgan fingerprint density at radius 2 is 2.16 bits per heavy atom. The van der Waals surface area contributed by atoms with E-state index < -0.39 is 17.9 Å². The summed E-state index contributed by atoms with van der Waals surface area (Å²) in [5.41, 5.74) is 0.347. The average molecular weight is 349 g/mol. The van der Waals surface area contributed by atoms with Crippen LogP contribution in [-0.4, -0.2) is 55.6 Å². The van der Waals surface area contributed by atoms with Gasteiger partial charge in [0.15, 0.2) is 6.04 Å². The molecule has 0 saturated carbocycles. The Hall–Kier alpha value is -2.38. The first-order valence-corrected chi connectivity index (χ1v) is 8.17. The van der Waals surface area contributed by atoms with E-state index in [4.69, 9.17) is 19.3 Å². The predicted octanol–water partition coefficient (Wildman–Crippen LogP) is 1.63. The number of benzene rings is 1. The molecule has 1 amide bonds. The summed E-state index contributed by atoms with van der Waals surface area (Å²) >= 11 is 0. The Morgan fingerprint density at radius 3 is 2.76 bits per heavy atom. The fourth-order valence-electron chi connectivity index (χ4n) is 2.35. The van der Waals surface area contributed by atoms with Gasteiger partial charge < -0.3 is 24.6 Å². The van der Waals surface area contributed by atoms with Gasteiger partial charge in [-0.3, -0.25) is 4.79 Å². The van der Waals surface area contributed by atoms with Crippen molar-refractivity contribution in [3.63, 3.8) is 0 Å². The standard InChI is InChI=1S/C18H23NO6/c1-2-9-23-12-16(18(21)22)19-17(20)13-5-7-14(8-6-13)25-11-15-4-3-10-24-15/h2,5-8,15-16H,1,3-4,9-12H2,(H,19,20)(H,21,22). The molecule has 2 unspecified atom stereocenters. The van der Waals surface area contributed by atoms with Crippen LogP contribution in [0.2, 0.25) is 0 Å². The summed E-state index contributed by atoms with van der Waals surface area (Å²) in [6.07, 6.45) is 3.67. The van der Waals surface area contributed by atoms with Crippen LogP contribution < -0.4 is 10.1 Å². The molecule has 7 nitrogen and oxygen atoms in total. The number of amides is 1. The van der Waals surface area contributed by atoms with Gasteiger partial charge in [-0.2, -0.15) is 0 Å². The highest BCUT2D eigenvalue weighted by molar-refractivity contribution is 5.96. The molecule has 0 aromatic heterocycles. The fraction of sp³-hybridized carbons (Fsp3) is 0.444. The molecule has 0 spiro atoms. The number of aliphatic carboxylic acids is 1. The van der Waals surface area contributed by atoms with E-state index in [9.17, 15) is 9.59 Å². The number of carbonyl (C=O) groups is 2. The highest BCUT2D eigenvalue weighted by Crippen LogP contribution is 2.16. The molecule has 2 N–H and O–H groups in total. The first kappa shape index (κ1) is 19.0. The third-order valence-corrected chi connectivity index (χ3v) is 3.70. The van der Waals surface area contributed by atoms with Crippen molar-refractivity contribution in [2.24, 2.45) is 0 Å². The van der Waals surface area contributed by atoms with Crippen LogP contribution in [0.25, 0.3) is 0 Å². The molecule has 136 valence electrons. The number of ether oxygens (including phenoxy) is 3. The van der Waals surface area contributed by atoms with Crippen LogP contribution in [0.5, 0.6) is 5.75 Å². The van der Waals surface area contributed by atoms with Crippen molar-refractivity contribution in [2.45, 2.75) is 25.0 Å². The molecule has 25 heavy (non-hydrogen) atoms. The van der Waals surface area contributed by atoms with Gasteiger partial charge in [-0.15, -0.1) is 6.58 Å². The first-order valence-electron chi connectivity index (χ1n) is 8.17. The Kier molecular flexibility index (Phi) is 7.43. The molecule has 1 fully saturated rings. The lowest BCUT2D eigenvalue weighted by Gasteiger charge is -2.15. The number of nitrogens with one attached hydrogen (secondary N) is 1. The number of hydrogen-bond donors (Lipinski definition) is 2. The van der Waals surface area contributed by atoms with Crippen molar-refractivity contribution >= 4 is 11.9 Å². The SMILES string of the molecule is C=CCOCC(NC(=O)c1ccc(OCC2CCCO2)cc1)C(=O)O. The lowest BCUT2D eigenvalue weighted by atomic mass is 10.2. The molecule has 2 rings (SSSR count). The predicted molar refractivity (Wildman–Crippen MR) is 90.8 cm³/mol. The van der Waals surface area contributed by atoms with Gasteiger partial charge >= 0.3 is 5.97 Å². The molecule has 0 aliphatic carbocycles. The zero-order chi connectivity index (χ0) is 18.1. The Morgan fingerprint density at radius 1 is 1.40 bits per heavy atom. The molecule has 1 aromatic rings. The van der Waals surface area contributed by atoms with E-state index in [1.807, 2.05) is 0 Å². The van der Waals surface area contributed by atoms with E-state index in [-0.39, 0.29) is 19.3 Å². The zero-order valence-electron chi connectivity index (χ0n) is 14.0. The van der Waals surface area contributed by atoms with Crippen LogP contribution in [0, 0.1) is 0 Å². The second-order valence-corrected chi connectivity index (χ2v) is 5.66. The normalized spacial score (nSPS) is 17.7. The van der Waals surface area contributed by atoms with E-state index in [1.165, 1.54) is 6.08 Å². The first-order chi connectivity index (χ1) is 12.1. The minimum absolute atomic E-state index is 0.120. The minimum atomic E-state index is -1.16. The van der Waals surface area contributed by atoms with E-state index >= 15 is 0 Å². The van der Waals surface area contributed by atoms with E-state index in [1.54, 1.807) is 24.3 Å². The van der Waals surface area contributed by atoms with E-state index in [0.717, 1.165) is 19.4 Å². The minimum Gasteiger partial charge on any atom is -0.491 e. The van der Waals surface area contributed by atoms with E-state index in [2.05, 4.69) is 11.9 Å². The van der Waals surface area contributed by atoms with Gasteiger partial charge in [0.1, 0.15) is 12.4 Å². The quantitative estimate of drug-likeness (QED) is 0.492. The summed E-state index contributed by atoms with van der Waals surface area (Å²) in [5.74, 6) is -1.01. The van der Waals surface area contributed by atoms with Gasteiger partial charge in [0.05, 0.1) is 19.3 Å². The molecule has 7 heteroatoms. The molecule has 1 heterocycles. The third kappa shape index (κ3) is 6.21. The lowest BCUT2D eigenvalue weighted by molar-refractivity contribution is -0.140. The van der Waals surface area contributed by atoms with Crippen molar-refractivity contribution in [1.82, 2.24) is 5.32 Å². The maximum absolute atomic E-state index is 12.2. The van der Waals surface area contributed by atoms with Gasteiger partial charge in [0.2, 0.25) is 0 Å². The number of carboxylic acid groups (broad SMARTS) is 1. The van der Waals surface area contributed by atoms with Crippen molar-refractivity contribution < 1.29 is 28.9 Å². The van der Waals surface area contributed by atoms with Gasteiger partial charge in [-0.05, 0) is 37.1 Å². The van der Waals surface area contributed by atoms with Crippen LogP contribution in [0.3, 0.4) is 0 Å². The Balaban J connectivity index is 1.85. The van der Waals surface area contributed by atoms with Crippen LogP contribution in [-0.2, 0) is 14.3 Å². The van der Waals surface area contributed by atoms with Crippen LogP contribution in [0.1, 0.15) is 23.2 Å². The largest absolute Gasteiger partial charge is 0.491 e. The Bertz CT molecular complexity index is 580. The molecule has 0 bridgehead atoms. The summed E-state index contributed by atoms with van der Waals surface area (Å²) in [5, 5.41) is 11.6. The van der Waals surface area contributed by atoms with Gasteiger partial charge in [0, 0.05) is 12.2 Å². The lowest BCUT2D eigenvalue weighted by Crippen LogP contribution is -2.44. The maximum Gasteiger partial charge on any atom is 0.328 e. The summed E-state index contributed by atoms with van der Waals surface area (Å²) in [6.45, 7) is 4.82. The van der Waals surface area contributed by atoms with E-state index in [0.29, 0.717) is 17.9 Å². The van der Waals surface area contributed by atoms with Crippen molar-refractivity contribution in [1.29, 1.82) is 0 Å². The van der Waals surface area contributed by atoms with Crippen LogP contribution in [0.4, 0.5) is 0 Å². The molecule has 1 aliphatic rings. The highest BCUT2D eigenvalue weighted by Gasteiger charge is 2.21. The fourth-order valence-corrected chi connectivity index (χ4v) is 2.35. The number of hydrogen-bond acceptors (Lipinski definition) is 5. The van der Waals surface area contributed by atoms with Crippen molar-refractivity contribution in [3.8, 4) is 5.75 Å². The molecule has 1 aromatic carbocycles. The smallest absolute Gasteiger partial charge is 0.328 e. The molecule has 2 atom stereocenters. The second-order valence-electron chi connectivity index (χ2n) is 5.66. The maximum atomic E-state index is 12.2.